The molecule has 0 saturated heterocycles. The van der Waals surface area contributed by atoms with E-state index >= 15 is 0 Å². The standard InChI is InChI=1S/C29H42N4O6S/c1-8-18(2)13-14-40-17-24(33-28(37)39-29(4,5)6)26(35)31-19(3)25(34)32-23(27(36)38-7)15-20-16-30-22-12-10-9-11-21(20)22/h9-13,16,19,23-24,30H,8,14-15,17H2,1-7H3,(H,31,35)(H,32,34)(H,33,37)/b18-13+/t19-,23-,24-/m0/s1. The van der Waals surface area contributed by atoms with Crippen LogP contribution in [0.3, 0.4) is 0 Å². The van der Waals surface area contributed by atoms with Crippen LogP contribution in [0.1, 0.15) is 53.5 Å². The zero-order chi connectivity index (χ0) is 29.9. The van der Waals surface area contributed by atoms with Crippen molar-refractivity contribution in [2.75, 3.05) is 18.6 Å². The minimum atomic E-state index is -0.988. The molecule has 0 bridgehead atoms. The highest BCUT2D eigenvalue weighted by molar-refractivity contribution is 7.99. The number of carbonyl (C=O) groups is 4. The van der Waals surface area contributed by atoms with Crippen molar-refractivity contribution in [3.05, 3.63) is 47.7 Å². The highest BCUT2D eigenvalue weighted by Gasteiger charge is 2.29. The predicted octanol–water partition coefficient (Wildman–Crippen LogP) is 3.86. The van der Waals surface area contributed by atoms with E-state index < -0.39 is 47.6 Å². The number of H-pyrrole nitrogens is 1. The smallest absolute Gasteiger partial charge is 0.408 e. The summed E-state index contributed by atoms with van der Waals surface area (Å²) in [5.41, 5.74) is 2.25. The Morgan fingerprint density at radius 3 is 2.40 bits per heavy atom. The van der Waals surface area contributed by atoms with Crippen molar-refractivity contribution in [3.63, 3.8) is 0 Å². The molecule has 10 nitrogen and oxygen atoms in total. The molecule has 40 heavy (non-hydrogen) atoms. The SMILES string of the molecule is CC/C(C)=C/CSC[C@H](NC(=O)OC(C)(C)C)C(=O)N[C@@H](C)C(=O)N[C@@H](Cc1c[nH]c2ccccc12)C(=O)OC. The molecule has 2 rings (SSSR count). The van der Waals surface area contributed by atoms with Gasteiger partial charge >= 0.3 is 12.1 Å². The number of aromatic amines is 1. The van der Waals surface area contributed by atoms with Crippen LogP contribution < -0.4 is 16.0 Å². The molecule has 3 atom stereocenters. The van der Waals surface area contributed by atoms with Crippen molar-refractivity contribution in [1.82, 2.24) is 20.9 Å². The number of carbonyl (C=O) groups excluding carboxylic acids is 4. The maximum Gasteiger partial charge on any atom is 0.408 e. The summed E-state index contributed by atoms with van der Waals surface area (Å²) in [6.07, 6.45) is 4.27. The number of hydrogen-bond donors (Lipinski definition) is 4. The third-order valence-electron chi connectivity index (χ3n) is 6.05. The molecule has 4 N–H and O–H groups in total. The average Bonchev–Trinajstić information content (AvgIpc) is 3.30. The van der Waals surface area contributed by atoms with E-state index in [0.29, 0.717) is 5.75 Å². The highest BCUT2D eigenvalue weighted by Crippen LogP contribution is 2.19. The number of benzene rings is 1. The number of hydrogen-bond acceptors (Lipinski definition) is 7. The molecule has 11 heteroatoms. The summed E-state index contributed by atoms with van der Waals surface area (Å²) in [6, 6.07) is 4.75. The molecule has 0 fully saturated rings. The monoisotopic (exact) mass is 574 g/mol. The zero-order valence-corrected chi connectivity index (χ0v) is 25.2. The van der Waals surface area contributed by atoms with Gasteiger partial charge in [-0.15, -0.1) is 0 Å². The Morgan fingerprint density at radius 2 is 1.75 bits per heavy atom. The van der Waals surface area contributed by atoms with Gasteiger partial charge in [0.05, 0.1) is 7.11 Å². The molecule has 220 valence electrons. The number of fused-ring (bicyclic) bond motifs is 1. The number of esters is 1. The number of allylic oxidation sites excluding steroid dienone is 1. The van der Waals surface area contributed by atoms with Crippen LogP contribution in [0.2, 0.25) is 0 Å². The van der Waals surface area contributed by atoms with E-state index in [9.17, 15) is 19.2 Å². The zero-order valence-electron chi connectivity index (χ0n) is 24.4. The van der Waals surface area contributed by atoms with E-state index in [-0.39, 0.29) is 12.2 Å². The predicted molar refractivity (Wildman–Crippen MR) is 158 cm³/mol. The van der Waals surface area contributed by atoms with Crippen LogP contribution >= 0.6 is 11.8 Å². The topological polar surface area (TPSA) is 139 Å². The van der Waals surface area contributed by atoms with Crippen molar-refractivity contribution < 1.29 is 28.7 Å². The van der Waals surface area contributed by atoms with Gasteiger partial charge in [0.2, 0.25) is 11.8 Å². The molecule has 0 aliphatic rings. The van der Waals surface area contributed by atoms with E-state index in [0.717, 1.165) is 22.9 Å². The number of amides is 3. The van der Waals surface area contributed by atoms with Crippen molar-refractivity contribution in [2.24, 2.45) is 0 Å². The van der Waals surface area contributed by atoms with Gasteiger partial charge in [-0.2, -0.15) is 11.8 Å². The first-order chi connectivity index (χ1) is 18.8. The maximum atomic E-state index is 13.1. The molecule has 2 aromatic rings. The normalized spacial score (nSPS) is 14.1. The average molecular weight is 575 g/mol. The summed E-state index contributed by atoms with van der Waals surface area (Å²) in [7, 11) is 1.25. The Bertz CT molecular complexity index is 1200. The number of aromatic nitrogens is 1. The summed E-state index contributed by atoms with van der Waals surface area (Å²) in [4.78, 5) is 54.2. The van der Waals surface area contributed by atoms with Gasteiger partial charge < -0.3 is 30.4 Å². The van der Waals surface area contributed by atoms with E-state index in [4.69, 9.17) is 9.47 Å². The largest absolute Gasteiger partial charge is 0.467 e. The Morgan fingerprint density at radius 1 is 1.05 bits per heavy atom. The van der Waals surface area contributed by atoms with Crippen LogP contribution in [-0.4, -0.2) is 71.2 Å². The molecule has 0 saturated carbocycles. The fourth-order valence-electron chi connectivity index (χ4n) is 3.70. The molecule has 0 radical (unpaired) electrons. The lowest BCUT2D eigenvalue weighted by atomic mass is 10.0. The first-order valence-corrected chi connectivity index (χ1v) is 14.5. The number of nitrogens with one attached hydrogen (secondary N) is 4. The molecule has 1 aromatic heterocycles. The Kier molecular flexibility index (Phi) is 12.6. The molecular formula is C29H42N4O6S. The summed E-state index contributed by atoms with van der Waals surface area (Å²) in [5.74, 6) is -0.756. The number of rotatable bonds is 13. The number of methoxy groups -OCH3 is 1. The van der Waals surface area contributed by atoms with Gasteiger partial charge in [0.1, 0.15) is 23.7 Å². The summed E-state index contributed by atoms with van der Waals surface area (Å²) < 4.78 is 10.2. The van der Waals surface area contributed by atoms with Gasteiger partial charge in [-0.1, -0.05) is 36.8 Å². The van der Waals surface area contributed by atoms with Crippen LogP contribution in [0.4, 0.5) is 4.79 Å². The van der Waals surface area contributed by atoms with Gasteiger partial charge in [-0.25, -0.2) is 9.59 Å². The first kappa shape index (κ1) is 32.7. The number of alkyl carbamates (subject to hydrolysis) is 1. The number of thioether (sulfide) groups is 1. The first-order valence-electron chi connectivity index (χ1n) is 13.3. The second kappa shape index (κ2) is 15.4. The lowest BCUT2D eigenvalue weighted by Gasteiger charge is -2.25. The third kappa shape index (κ3) is 10.6. The van der Waals surface area contributed by atoms with Crippen LogP contribution in [0, 0.1) is 0 Å². The van der Waals surface area contributed by atoms with E-state index in [2.05, 4.69) is 33.9 Å². The molecule has 0 aliphatic carbocycles. The van der Waals surface area contributed by atoms with Gasteiger partial charge in [-0.3, -0.25) is 9.59 Å². The van der Waals surface area contributed by atoms with Crippen LogP contribution in [-0.2, 0) is 30.3 Å². The molecule has 0 aliphatic heterocycles. The van der Waals surface area contributed by atoms with Gasteiger partial charge in [-0.05, 0) is 52.7 Å². The van der Waals surface area contributed by atoms with Gasteiger partial charge in [0.25, 0.3) is 0 Å². The number of para-hydroxylation sites is 1. The fourth-order valence-corrected chi connectivity index (χ4v) is 4.71. The molecule has 3 amide bonds. The van der Waals surface area contributed by atoms with E-state index in [1.54, 1.807) is 27.0 Å². The Balaban J connectivity index is 2.07. The van der Waals surface area contributed by atoms with Crippen molar-refractivity contribution >= 4 is 46.5 Å². The second-order valence-corrected chi connectivity index (χ2v) is 11.6. The second-order valence-electron chi connectivity index (χ2n) is 10.5. The van der Waals surface area contributed by atoms with Crippen LogP contribution in [0.15, 0.2) is 42.1 Å². The third-order valence-corrected chi connectivity index (χ3v) is 7.02. The Labute approximate surface area is 240 Å². The lowest BCUT2D eigenvalue weighted by molar-refractivity contribution is -0.145. The molecular weight excluding hydrogens is 532 g/mol. The molecule has 0 unspecified atom stereocenters. The summed E-state index contributed by atoms with van der Waals surface area (Å²) in [5, 5.41) is 8.89. The van der Waals surface area contributed by atoms with Gasteiger partial charge in [0.15, 0.2) is 0 Å². The summed E-state index contributed by atoms with van der Waals surface area (Å²) >= 11 is 1.48. The van der Waals surface area contributed by atoms with E-state index in [1.165, 1.54) is 31.4 Å². The van der Waals surface area contributed by atoms with Crippen LogP contribution in [0.5, 0.6) is 0 Å². The minimum Gasteiger partial charge on any atom is -0.467 e. The molecule has 1 aromatic carbocycles. The molecule has 0 spiro atoms. The maximum absolute atomic E-state index is 13.1. The van der Waals surface area contributed by atoms with Crippen molar-refractivity contribution in [2.45, 2.75) is 78.1 Å². The molecule has 1 heterocycles. The lowest BCUT2D eigenvalue weighted by Crippen LogP contribution is -2.56. The quantitative estimate of drug-likeness (QED) is 0.162. The van der Waals surface area contributed by atoms with Crippen LogP contribution in [0.25, 0.3) is 10.9 Å². The summed E-state index contributed by atoms with van der Waals surface area (Å²) in [6.45, 7) is 10.8. The van der Waals surface area contributed by atoms with Crippen molar-refractivity contribution in [1.29, 1.82) is 0 Å². The Hall–Kier alpha value is -3.47. The fraction of sp³-hybridized carbons (Fsp3) is 0.517. The number of ether oxygens (including phenoxy) is 2. The minimum absolute atomic E-state index is 0.202. The highest BCUT2D eigenvalue weighted by atomic mass is 32.2. The van der Waals surface area contributed by atoms with E-state index in [1.807, 2.05) is 31.2 Å². The van der Waals surface area contributed by atoms with Gasteiger partial charge in [0, 0.05) is 35.0 Å². The van der Waals surface area contributed by atoms with Crippen molar-refractivity contribution in [3.8, 4) is 0 Å².